The first-order valence-corrected chi connectivity index (χ1v) is 9.30. The van der Waals surface area contributed by atoms with Crippen LogP contribution in [0, 0.1) is 11.3 Å². The van der Waals surface area contributed by atoms with Crippen LogP contribution < -0.4 is 14.8 Å². The second-order valence-corrected chi connectivity index (χ2v) is 6.52. The zero-order valence-electron chi connectivity index (χ0n) is 16.7. The van der Waals surface area contributed by atoms with E-state index in [4.69, 9.17) is 9.47 Å². The summed E-state index contributed by atoms with van der Waals surface area (Å²) in [4.78, 5) is 12.5. The standard InChI is InChI=1S/C23H26N2O3/c1-5-16(2)28-21-12-11-18(14-22(21)27-4)13-20(15-24)23(26)25-17(3)19-9-7-6-8-10-19/h6-14,16-17H,5H2,1-4H3,(H,25,26)/b20-13-/t16-,17-/m1/s1. The van der Waals surface area contributed by atoms with Crippen molar-refractivity contribution in [1.82, 2.24) is 5.32 Å². The molecule has 0 saturated heterocycles. The van der Waals surface area contributed by atoms with E-state index in [9.17, 15) is 10.1 Å². The molecule has 0 fully saturated rings. The number of nitriles is 1. The van der Waals surface area contributed by atoms with Gasteiger partial charge in [0.05, 0.1) is 19.3 Å². The van der Waals surface area contributed by atoms with Crippen molar-refractivity contribution in [2.24, 2.45) is 0 Å². The van der Waals surface area contributed by atoms with Crippen LogP contribution >= 0.6 is 0 Å². The van der Waals surface area contributed by atoms with Crippen LogP contribution in [0.2, 0.25) is 0 Å². The second-order valence-electron chi connectivity index (χ2n) is 6.52. The summed E-state index contributed by atoms with van der Waals surface area (Å²) >= 11 is 0. The van der Waals surface area contributed by atoms with Gasteiger partial charge in [-0.1, -0.05) is 43.3 Å². The molecule has 2 aromatic carbocycles. The molecule has 1 N–H and O–H groups in total. The smallest absolute Gasteiger partial charge is 0.262 e. The lowest BCUT2D eigenvalue weighted by molar-refractivity contribution is -0.117. The van der Waals surface area contributed by atoms with Crippen molar-refractivity contribution in [2.45, 2.75) is 39.3 Å². The van der Waals surface area contributed by atoms with Crippen LogP contribution in [0.5, 0.6) is 11.5 Å². The van der Waals surface area contributed by atoms with Gasteiger partial charge in [0.2, 0.25) is 0 Å². The summed E-state index contributed by atoms with van der Waals surface area (Å²) in [7, 11) is 1.56. The van der Waals surface area contributed by atoms with E-state index >= 15 is 0 Å². The van der Waals surface area contributed by atoms with Gasteiger partial charge in [-0.05, 0) is 49.6 Å². The molecule has 0 aliphatic heterocycles. The zero-order valence-corrected chi connectivity index (χ0v) is 16.7. The molecule has 0 aromatic heterocycles. The van der Waals surface area contributed by atoms with Crippen LogP contribution in [-0.2, 0) is 4.79 Å². The van der Waals surface area contributed by atoms with Crippen molar-refractivity contribution in [3.63, 3.8) is 0 Å². The number of nitrogens with zero attached hydrogens (tertiary/aromatic N) is 1. The predicted molar refractivity (Wildman–Crippen MR) is 110 cm³/mol. The van der Waals surface area contributed by atoms with Gasteiger partial charge < -0.3 is 14.8 Å². The molecule has 28 heavy (non-hydrogen) atoms. The molecule has 0 radical (unpaired) electrons. The fourth-order valence-electron chi connectivity index (χ4n) is 2.59. The number of hydrogen-bond donors (Lipinski definition) is 1. The van der Waals surface area contributed by atoms with Crippen LogP contribution in [-0.4, -0.2) is 19.1 Å². The molecular formula is C23H26N2O3. The molecule has 0 bridgehead atoms. The SMILES string of the molecule is CC[C@@H](C)Oc1ccc(/C=C(/C#N)C(=O)N[C@H](C)c2ccccc2)cc1OC. The highest BCUT2D eigenvalue weighted by Crippen LogP contribution is 2.30. The van der Waals surface area contributed by atoms with Gasteiger partial charge >= 0.3 is 0 Å². The molecule has 0 heterocycles. The Morgan fingerprint density at radius 3 is 2.50 bits per heavy atom. The molecule has 2 rings (SSSR count). The first-order valence-electron chi connectivity index (χ1n) is 9.30. The number of carbonyl (C=O) groups excluding carboxylic acids is 1. The number of benzene rings is 2. The Morgan fingerprint density at radius 1 is 1.18 bits per heavy atom. The third-order valence-electron chi connectivity index (χ3n) is 4.41. The Hall–Kier alpha value is -3.26. The normalized spacial score (nSPS) is 13.2. The minimum atomic E-state index is -0.419. The third kappa shape index (κ3) is 5.62. The number of rotatable bonds is 8. The molecule has 2 aromatic rings. The van der Waals surface area contributed by atoms with Gasteiger partial charge in [-0.15, -0.1) is 0 Å². The van der Waals surface area contributed by atoms with Gasteiger partial charge in [0.1, 0.15) is 11.6 Å². The number of methoxy groups -OCH3 is 1. The molecule has 5 heteroatoms. The maximum Gasteiger partial charge on any atom is 0.262 e. The topological polar surface area (TPSA) is 71.3 Å². The summed E-state index contributed by atoms with van der Waals surface area (Å²) in [6.07, 6.45) is 2.49. The number of amides is 1. The average Bonchev–Trinajstić information content (AvgIpc) is 2.73. The van der Waals surface area contributed by atoms with Gasteiger partial charge in [-0.3, -0.25) is 4.79 Å². The summed E-state index contributed by atoms with van der Waals surface area (Å²) in [6, 6.07) is 16.7. The summed E-state index contributed by atoms with van der Waals surface area (Å²) in [5, 5.41) is 12.3. The highest BCUT2D eigenvalue weighted by Gasteiger charge is 2.14. The van der Waals surface area contributed by atoms with Crippen molar-refractivity contribution in [2.75, 3.05) is 7.11 Å². The summed E-state index contributed by atoms with van der Waals surface area (Å²) < 4.78 is 11.2. The first kappa shape index (κ1) is 21.0. The molecule has 0 spiro atoms. The van der Waals surface area contributed by atoms with Crippen molar-refractivity contribution >= 4 is 12.0 Å². The Bertz CT molecular complexity index is 869. The van der Waals surface area contributed by atoms with Crippen LogP contribution in [0.1, 0.15) is 44.4 Å². The summed E-state index contributed by atoms with van der Waals surface area (Å²) in [5.74, 6) is 0.775. The minimum Gasteiger partial charge on any atom is -0.493 e. The fraction of sp³-hybridized carbons (Fsp3) is 0.304. The molecule has 0 aliphatic carbocycles. The maximum atomic E-state index is 12.5. The quantitative estimate of drug-likeness (QED) is 0.536. The number of nitrogens with one attached hydrogen (secondary N) is 1. The Labute approximate surface area is 166 Å². The van der Waals surface area contributed by atoms with E-state index in [1.54, 1.807) is 31.4 Å². The zero-order chi connectivity index (χ0) is 20.5. The molecule has 0 saturated carbocycles. The predicted octanol–water partition coefficient (Wildman–Crippen LogP) is 4.66. The largest absolute Gasteiger partial charge is 0.493 e. The van der Waals surface area contributed by atoms with E-state index in [-0.39, 0.29) is 17.7 Å². The lowest BCUT2D eigenvalue weighted by Gasteiger charge is -2.16. The van der Waals surface area contributed by atoms with Crippen molar-refractivity contribution in [1.29, 1.82) is 5.26 Å². The number of ether oxygens (including phenoxy) is 2. The van der Waals surface area contributed by atoms with Crippen molar-refractivity contribution in [3.05, 3.63) is 65.2 Å². The monoisotopic (exact) mass is 378 g/mol. The average molecular weight is 378 g/mol. The Morgan fingerprint density at radius 2 is 1.89 bits per heavy atom. The molecule has 5 nitrogen and oxygen atoms in total. The lowest BCUT2D eigenvalue weighted by atomic mass is 10.1. The van der Waals surface area contributed by atoms with E-state index < -0.39 is 5.91 Å². The molecular weight excluding hydrogens is 352 g/mol. The highest BCUT2D eigenvalue weighted by atomic mass is 16.5. The minimum absolute atomic E-state index is 0.0282. The van der Waals surface area contributed by atoms with Crippen LogP contribution in [0.4, 0.5) is 0 Å². The van der Waals surface area contributed by atoms with E-state index in [0.29, 0.717) is 17.1 Å². The van der Waals surface area contributed by atoms with Gasteiger partial charge in [-0.25, -0.2) is 0 Å². The van der Waals surface area contributed by atoms with Gasteiger partial charge in [0.15, 0.2) is 11.5 Å². The molecule has 1 amide bonds. The fourth-order valence-corrected chi connectivity index (χ4v) is 2.59. The first-order chi connectivity index (χ1) is 13.5. The van der Waals surface area contributed by atoms with E-state index in [0.717, 1.165) is 12.0 Å². The van der Waals surface area contributed by atoms with Crippen molar-refractivity contribution in [3.8, 4) is 17.6 Å². The Kier molecular flexibility index (Phi) is 7.65. The third-order valence-corrected chi connectivity index (χ3v) is 4.41. The summed E-state index contributed by atoms with van der Waals surface area (Å²) in [6.45, 7) is 5.91. The van der Waals surface area contributed by atoms with Gasteiger partial charge in [0, 0.05) is 0 Å². The second kappa shape index (κ2) is 10.2. The molecule has 2 atom stereocenters. The lowest BCUT2D eigenvalue weighted by Crippen LogP contribution is -2.27. The number of carbonyl (C=O) groups is 1. The highest BCUT2D eigenvalue weighted by molar-refractivity contribution is 6.01. The van der Waals surface area contributed by atoms with Crippen LogP contribution in [0.15, 0.2) is 54.1 Å². The van der Waals surface area contributed by atoms with Gasteiger partial charge in [0.25, 0.3) is 5.91 Å². The van der Waals surface area contributed by atoms with E-state index in [1.807, 2.05) is 57.2 Å². The molecule has 146 valence electrons. The molecule has 0 unspecified atom stereocenters. The maximum absolute atomic E-state index is 12.5. The van der Waals surface area contributed by atoms with Crippen molar-refractivity contribution < 1.29 is 14.3 Å². The van der Waals surface area contributed by atoms with Crippen LogP contribution in [0.3, 0.4) is 0 Å². The van der Waals surface area contributed by atoms with Crippen LogP contribution in [0.25, 0.3) is 6.08 Å². The van der Waals surface area contributed by atoms with Gasteiger partial charge in [-0.2, -0.15) is 5.26 Å². The van der Waals surface area contributed by atoms with E-state index in [1.165, 1.54) is 0 Å². The number of hydrogen-bond acceptors (Lipinski definition) is 4. The van der Waals surface area contributed by atoms with E-state index in [2.05, 4.69) is 5.32 Å². The molecule has 0 aliphatic rings. The Balaban J connectivity index is 2.19. The summed E-state index contributed by atoms with van der Waals surface area (Å²) in [5.41, 5.74) is 1.69.